The van der Waals surface area contributed by atoms with E-state index in [-0.39, 0.29) is 0 Å². The molecular formula is C14H18N2O. The van der Waals surface area contributed by atoms with Gasteiger partial charge in [0.15, 0.2) is 0 Å². The fraction of sp³-hybridized carbons (Fsp3) is 0.500. The number of hydrogen-bond donors (Lipinski definition) is 1. The minimum atomic E-state index is 0.295. The van der Waals surface area contributed by atoms with Gasteiger partial charge in [0.2, 0.25) is 5.91 Å². The standard InChI is InChI=1S/C14H18N2O/c17-14-7-3-5-11-4-1-2-6-13(11)16(14)12-8-9-15-10-12/h1-2,4,6,12,15H,3,5,7-10H2. The molecule has 2 heterocycles. The molecule has 1 fully saturated rings. The van der Waals surface area contributed by atoms with E-state index in [1.54, 1.807) is 0 Å². The van der Waals surface area contributed by atoms with Crippen LogP contribution in [0.1, 0.15) is 24.8 Å². The average molecular weight is 230 g/mol. The largest absolute Gasteiger partial charge is 0.315 e. The maximum atomic E-state index is 12.3. The minimum absolute atomic E-state index is 0.295. The predicted molar refractivity (Wildman–Crippen MR) is 68.1 cm³/mol. The van der Waals surface area contributed by atoms with Crippen LogP contribution >= 0.6 is 0 Å². The normalized spacial score (nSPS) is 24.6. The van der Waals surface area contributed by atoms with Crippen molar-refractivity contribution in [3.05, 3.63) is 29.8 Å². The first-order valence-electron chi connectivity index (χ1n) is 6.47. The van der Waals surface area contributed by atoms with Gasteiger partial charge in [-0.1, -0.05) is 18.2 Å². The zero-order valence-corrected chi connectivity index (χ0v) is 9.98. The van der Waals surface area contributed by atoms with E-state index in [4.69, 9.17) is 0 Å². The highest BCUT2D eigenvalue weighted by molar-refractivity contribution is 5.95. The molecule has 1 saturated heterocycles. The molecule has 3 nitrogen and oxygen atoms in total. The third-order valence-corrected chi connectivity index (χ3v) is 3.76. The van der Waals surface area contributed by atoms with Crippen LogP contribution in [0.2, 0.25) is 0 Å². The van der Waals surface area contributed by atoms with Gasteiger partial charge in [0.1, 0.15) is 0 Å². The maximum Gasteiger partial charge on any atom is 0.227 e. The van der Waals surface area contributed by atoms with Gasteiger partial charge in [-0.25, -0.2) is 0 Å². The number of para-hydroxylation sites is 1. The summed E-state index contributed by atoms with van der Waals surface area (Å²) < 4.78 is 0. The first-order chi connectivity index (χ1) is 8.36. The summed E-state index contributed by atoms with van der Waals surface area (Å²) in [5.74, 6) is 0.295. The van der Waals surface area contributed by atoms with E-state index in [1.165, 1.54) is 5.56 Å². The number of fused-ring (bicyclic) bond motifs is 1. The van der Waals surface area contributed by atoms with Crippen LogP contribution in [0, 0.1) is 0 Å². The van der Waals surface area contributed by atoms with E-state index < -0.39 is 0 Å². The molecule has 0 aliphatic carbocycles. The number of anilines is 1. The Balaban J connectivity index is 2.00. The van der Waals surface area contributed by atoms with Gasteiger partial charge < -0.3 is 10.2 Å². The Labute approximate surface area is 102 Å². The Morgan fingerprint density at radius 3 is 2.94 bits per heavy atom. The van der Waals surface area contributed by atoms with E-state index in [9.17, 15) is 4.79 Å². The van der Waals surface area contributed by atoms with Gasteiger partial charge in [0, 0.05) is 18.7 Å². The molecule has 2 aliphatic rings. The number of amides is 1. The number of rotatable bonds is 1. The fourth-order valence-electron chi connectivity index (χ4n) is 2.90. The minimum Gasteiger partial charge on any atom is -0.315 e. The van der Waals surface area contributed by atoms with Crippen molar-refractivity contribution >= 4 is 11.6 Å². The molecule has 1 N–H and O–H groups in total. The SMILES string of the molecule is O=C1CCCc2ccccc2N1C1CCNC1. The molecule has 1 aromatic rings. The Morgan fingerprint density at radius 2 is 2.12 bits per heavy atom. The highest BCUT2D eigenvalue weighted by Gasteiger charge is 2.30. The molecule has 0 aromatic heterocycles. The average Bonchev–Trinajstić information content (AvgIpc) is 2.80. The summed E-state index contributed by atoms with van der Waals surface area (Å²) in [7, 11) is 0. The second-order valence-corrected chi connectivity index (χ2v) is 4.89. The molecule has 3 heteroatoms. The topological polar surface area (TPSA) is 32.3 Å². The summed E-state index contributed by atoms with van der Waals surface area (Å²) >= 11 is 0. The van der Waals surface area contributed by atoms with Gasteiger partial charge in [-0.15, -0.1) is 0 Å². The smallest absolute Gasteiger partial charge is 0.227 e. The number of aryl methyl sites for hydroxylation is 1. The van der Waals surface area contributed by atoms with E-state index in [0.29, 0.717) is 18.4 Å². The lowest BCUT2D eigenvalue weighted by molar-refractivity contribution is -0.119. The van der Waals surface area contributed by atoms with E-state index in [1.807, 2.05) is 11.0 Å². The quantitative estimate of drug-likeness (QED) is 0.796. The fourth-order valence-corrected chi connectivity index (χ4v) is 2.90. The van der Waals surface area contributed by atoms with Crippen LogP contribution in [0.25, 0.3) is 0 Å². The zero-order valence-electron chi connectivity index (χ0n) is 9.98. The molecule has 2 aliphatic heterocycles. The van der Waals surface area contributed by atoms with Crippen LogP contribution in [-0.4, -0.2) is 25.0 Å². The number of carbonyl (C=O) groups excluding carboxylic acids is 1. The van der Waals surface area contributed by atoms with Crippen molar-refractivity contribution in [2.75, 3.05) is 18.0 Å². The van der Waals surface area contributed by atoms with Crippen LogP contribution in [0.5, 0.6) is 0 Å². The third-order valence-electron chi connectivity index (χ3n) is 3.76. The summed E-state index contributed by atoms with van der Waals surface area (Å²) in [6, 6.07) is 8.70. The zero-order chi connectivity index (χ0) is 11.7. The van der Waals surface area contributed by atoms with Crippen molar-refractivity contribution in [1.82, 2.24) is 5.32 Å². The van der Waals surface area contributed by atoms with Crippen molar-refractivity contribution < 1.29 is 4.79 Å². The Morgan fingerprint density at radius 1 is 1.24 bits per heavy atom. The van der Waals surface area contributed by atoms with Gasteiger partial charge in [-0.3, -0.25) is 4.79 Å². The van der Waals surface area contributed by atoms with Crippen LogP contribution in [0.3, 0.4) is 0 Å². The Kier molecular flexibility index (Phi) is 2.85. The summed E-state index contributed by atoms with van der Waals surface area (Å²) in [5.41, 5.74) is 2.47. The van der Waals surface area contributed by atoms with Crippen molar-refractivity contribution in [2.45, 2.75) is 31.7 Å². The van der Waals surface area contributed by atoms with E-state index in [2.05, 4.69) is 23.5 Å². The maximum absolute atomic E-state index is 12.3. The molecular weight excluding hydrogens is 212 g/mol. The lowest BCUT2D eigenvalue weighted by atomic mass is 10.1. The van der Waals surface area contributed by atoms with Crippen LogP contribution in [0.4, 0.5) is 5.69 Å². The van der Waals surface area contributed by atoms with Gasteiger partial charge >= 0.3 is 0 Å². The molecule has 0 bridgehead atoms. The van der Waals surface area contributed by atoms with Crippen LogP contribution in [0.15, 0.2) is 24.3 Å². The summed E-state index contributed by atoms with van der Waals surface area (Å²) in [4.78, 5) is 14.3. The van der Waals surface area contributed by atoms with Crippen molar-refractivity contribution in [3.8, 4) is 0 Å². The van der Waals surface area contributed by atoms with Crippen molar-refractivity contribution in [1.29, 1.82) is 0 Å². The molecule has 1 atom stereocenters. The van der Waals surface area contributed by atoms with Gasteiger partial charge in [-0.05, 0) is 37.4 Å². The number of hydrogen-bond acceptors (Lipinski definition) is 2. The number of benzene rings is 1. The highest BCUT2D eigenvalue weighted by Crippen LogP contribution is 2.29. The van der Waals surface area contributed by atoms with Crippen LogP contribution < -0.4 is 10.2 Å². The van der Waals surface area contributed by atoms with Gasteiger partial charge in [-0.2, -0.15) is 0 Å². The second kappa shape index (κ2) is 4.49. The monoisotopic (exact) mass is 230 g/mol. The molecule has 3 rings (SSSR count). The lowest BCUT2D eigenvalue weighted by Crippen LogP contribution is -2.41. The number of nitrogens with one attached hydrogen (secondary N) is 1. The van der Waals surface area contributed by atoms with Crippen LogP contribution in [-0.2, 0) is 11.2 Å². The first-order valence-corrected chi connectivity index (χ1v) is 6.47. The molecule has 1 aromatic carbocycles. The summed E-state index contributed by atoms with van der Waals surface area (Å²) in [6.07, 6.45) is 3.76. The predicted octanol–water partition coefficient (Wildman–Crippen LogP) is 1.72. The summed E-state index contributed by atoms with van der Waals surface area (Å²) in [5, 5.41) is 3.35. The van der Waals surface area contributed by atoms with Gasteiger partial charge in [0.05, 0.1) is 6.04 Å². The molecule has 1 unspecified atom stereocenters. The molecule has 17 heavy (non-hydrogen) atoms. The van der Waals surface area contributed by atoms with Crippen molar-refractivity contribution in [3.63, 3.8) is 0 Å². The highest BCUT2D eigenvalue weighted by atomic mass is 16.2. The Hall–Kier alpha value is -1.35. The molecule has 90 valence electrons. The van der Waals surface area contributed by atoms with Gasteiger partial charge in [0.25, 0.3) is 0 Å². The second-order valence-electron chi connectivity index (χ2n) is 4.89. The van der Waals surface area contributed by atoms with E-state index in [0.717, 1.165) is 38.0 Å². The Bertz CT molecular complexity index is 424. The lowest BCUT2D eigenvalue weighted by Gasteiger charge is -2.28. The molecule has 0 saturated carbocycles. The molecule has 0 radical (unpaired) electrons. The van der Waals surface area contributed by atoms with Crippen molar-refractivity contribution in [2.24, 2.45) is 0 Å². The first kappa shape index (κ1) is 10.8. The third kappa shape index (κ3) is 1.95. The number of nitrogens with zero attached hydrogens (tertiary/aromatic N) is 1. The molecule has 1 amide bonds. The molecule has 0 spiro atoms. The van der Waals surface area contributed by atoms with E-state index >= 15 is 0 Å². The summed E-state index contributed by atoms with van der Waals surface area (Å²) in [6.45, 7) is 1.96. The number of carbonyl (C=O) groups is 1.